The van der Waals surface area contributed by atoms with Crippen molar-refractivity contribution in [3.05, 3.63) is 63.0 Å². The fraction of sp³-hybridized carbons (Fsp3) is 0.381. The molecule has 4 rings (SSSR count). The number of aryl methyl sites for hydroxylation is 3. The zero-order valence-electron chi connectivity index (χ0n) is 16.6. The Kier molecular flexibility index (Phi) is 5.10. The van der Waals surface area contributed by atoms with Crippen LogP contribution in [-0.2, 0) is 0 Å². The number of thiophene rings is 1. The second-order valence-electron chi connectivity index (χ2n) is 6.42. The average Bonchev–Trinajstić information content (AvgIpc) is 3.12. The van der Waals surface area contributed by atoms with E-state index < -0.39 is 0 Å². The summed E-state index contributed by atoms with van der Waals surface area (Å²) in [6.07, 6.45) is 0. The Bertz CT molecular complexity index is 961. The molecule has 1 aliphatic heterocycles. The van der Waals surface area contributed by atoms with Gasteiger partial charge in [-0.25, -0.2) is 0 Å². The van der Waals surface area contributed by atoms with Crippen molar-refractivity contribution in [1.82, 2.24) is 14.8 Å². The van der Waals surface area contributed by atoms with Crippen LogP contribution in [0.2, 0.25) is 0 Å². The van der Waals surface area contributed by atoms with Crippen molar-refractivity contribution in [2.24, 2.45) is 4.99 Å². The monoisotopic (exact) mass is 366 g/mol. The molecule has 4 nitrogen and oxygen atoms in total. The van der Waals surface area contributed by atoms with Gasteiger partial charge in [0, 0.05) is 16.0 Å². The third-order valence-electron chi connectivity index (χ3n) is 4.68. The Hall–Kier alpha value is -2.27. The first-order valence-electron chi connectivity index (χ1n) is 9.15. The first kappa shape index (κ1) is 18.5. The Morgan fingerprint density at radius 2 is 1.62 bits per heavy atom. The normalized spacial score (nSPS) is 15.3. The number of hydrogen-bond acceptors (Lipinski definition) is 4. The van der Waals surface area contributed by atoms with E-state index >= 15 is 0 Å². The molecule has 2 aromatic heterocycles. The van der Waals surface area contributed by atoms with Gasteiger partial charge in [0.25, 0.3) is 0 Å². The third kappa shape index (κ3) is 2.90. The molecule has 3 heterocycles. The number of benzene rings is 1. The molecule has 0 spiro atoms. The van der Waals surface area contributed by atoms with E-state index in [0.29, 0.717) is 0 Å². The lowest BCUT2D eigenvalue weighted by atomic mass is 9.99. The summed E-state index contributed by atoms with van der Waals surface area (Å²) in [4.78, 5) is 6.36. The quantitative estimate of drug-likeness (QED) is 0.570. The second kappa shape index (κ2) is 7.16. The van der Waals surface area contributed by atoms with Gasteiger partial charge in [0.2, 0.25) is 0 Å². The summed E-state index contributed by atoms with van der Waals surface area (Å²) < 4.78 is 2.18. The molecule has 1 aromatic carbocycles. The van der Waals surface area contributed by atoms with Gasteiger partial charge < -0.3 is 0 Å². The lowest BCUT2D eigenvalue weighted by Gasteiger charge is -2.09. The molecule has 26 heavy (non-hydrogen) atoms. The van der Waals surface area contributed by atoms with Gasteiger partial charge in [0.05, 0.1) is 5.71 Å². The number of aromatic nitrogens is 3. The molecule has 3 aromatic rings. The summed E-state index contributed by atoms with van der Waals surface area (Å²) >= 11 is 1.80. The highest BCUT2D eigenvalue weighted by Crippen LogP contribution is 2.38. The van der Waals surface area contributed by atoms with E-state index in [2.05, 4.69) is 66.7 Å². The average molecular weight is 367 g/mol. The van der Waals surface area contributed by atoms with Crippen LogP contribution in [0.5, 0.6) is 0 Å². The highest BCUT2D eigenvalue weighted by atomic mass is 32.1. The van der Waals surface area contributed by atoms with Crippen LogP contribution in [0.25, 0.3) is 5.00 Å². The molecule has 136 valence electrons. The molecule has 0 saturated heterocycles. The van der Waals surface area contributed by atoms with Gasteiger partial charge in [-0.3, -0.25) is 9.56 Å². The molecule has 0 bridgehead atoms. The molecule has 1 atom stereocenters. The maximum absolute atomic E-state index is 5.05. The predicted octanol–water partition coefficient (Wildman–Crippen LogP) is 5.50. The van der Waals surface area contributed by atoms with Gasteiger partial charge in [-0.15, -0.1) is 21.5 Å². The minimum atomic E-state index is -0.0261. The van der Waals surface area contributed by atoms with Gasteiger partial charge in [-0.1, -0.05) is 43.7 Å². The maximum atomic E-state index is 5.05. The molecule has 0 fully saturated rings. The Labute approximate surface area is 159 Å². The summed E-state index contributed by atoms with van der Waals surface area (Å²) in [5.41, 5.74) is 5.99. The molecule has 0 amide bonds. The van der Waals surface area contributed by atoms with Gasteiger partial charge in [0.15, 0.2) is 5.82 Å². The van der Waals surface area contributed by atoms with Crippen LogP contribution in [0.3, 0.4) is 0 Å². The van der Waals surface area contributed by atoms with E-state index in [0.717, 1.165) is 22.9 Å². The van der Waals surface area contributed by atoms with E-state index in [1.165, 1.54) is 26.6 Å². The minimum Gasteiger partial charge on any atom is -0.273 e. The highest BCUT2D eigenvalue weighted by Gasteiger charge is 2.29. The van der Waals surface area contributed by atoms with Crippen molar-refractivity contribution in [2.75, 3.05) is 0 Å². The van der Waals surface area contributed by atoms with Crippen LogP contribution >= 0.6 is 11.3 Å². The van der Waals surface area contributed by atoms with E-state index in [1.54, 1.807) is 11.3 Å². The van der Waals surface area contributed by atoms with E-state index in [1.807, 2.05) is 20.8 Å². The summed E-state index contributed by atoms with van der Waals surface area (Å²) in [5, 5.41) is 9.86. The van der Waals surface area contributed by atoms with Crippen LogP contribution in [-0.4, -0.2) is 20.5 Å². The SMILES string of the molecule is CC.Cc1ccc(C2=NC(C)c3nnc(C)n3-c3sc(C)c(C)c32)cc1. The molecule has 0 aliphatic carbocycles. The Morgan fingerprint density at radius 1 is 0.962 bits per heavy atom. The summed E-state index contributed by atoms with van der Waals surface area (Å²) in [6.45, 7) is 14.6. The Balaban J connectivity index is 0.000000948. The summed E-state index contributed by atoms with van der Waals surface area (Å²) in [7, 11) is 0. The van der Waals surface area contributed by atoms with Crippen molar-refractivity contribution >= 4 is 17.0 Å². The number of fused-ring (bicyclic) bond motifs is 3. The van der Waals surface area contributed by atoms with E-state index in [4.69, 9.17) is 4.99 Å². The van der Waals surface area contributed by atoms with Crippen LogP contribution < -0.4 is 0 Å². The molecule has 0 N–H and O–H groups in total. The molecular formula is C21H26N4S. The number of hydrogen-bond donors (Lipinski definition) is 0. The van der Waals surface area contributed by atoms with Gasteiger partial charge in [-0.2, -0.15) is 0 Å². The minimum absolute atomic E-state index is 0.0261. The van der Waals surface area contributed by atoms with Crippen molar-refractivity contribution < 1.29 is 0 Å². The van der Waals surface area contributed by atoms with Crippen LogP contribution in [0, 0.1) is 27.7 Å². The number of rotatable bonds is 1. The standard InChI is InChI=1S/C19H20N4S.C2H6/c1-10-6-8-15(9-7-10)17-16-11(2)13(4)24-19(16)23-14(5)21-22-18(23)12(3)20-17;1-2/h6-9,12H,1-5H3;1-2H3. The van der Waals surface area contributed by atoms with Gasteiger partial charge in [0.1, 0.15) is 16.9 Å². The third-order valence-corrected chi connectivity index (χ3v) is 5.87. The number of aliphatic imine (C=N–C) groups is 1. The van der Waals surface area contributed by atoms with E-state index in [-0.39, 0.29) is 6.04 Å². The molecule has 1 aliphatic rings. The van der Waals surface area contributed by atoms with Crippen LogP contribution in [0.4, 0.5) is 0 Å². The summed E-state index contributed by atoms with van der Waals surface area (Å²) in [6, 6.07) is 8.59. The van der Waals surface area contributed by atoms with Crippen molar-refractivity contribution in [2.45, 2.75) is 54.5 Å². The maximum Gasteiger partial charge on any atom is 0.162 e. The second-order valence-corrected chi connectivity index (χ2v) is 7.63. The molecule has 0 radical (unpaired) electrons. The summed E-state index contributed by atoms with van der Waals surface area (Å²) in [5.74, 6) is 1.83. The van der Waals surface area contributed by atoms with Crippen LogP contribution in [0.1, 0.15) is 65.6 Å². The zero-order chi connectivity index (χ0) is 19.0. The fourth-order valence-corrected chi connectivity index (χ4v) is 4.41. The van der Waals surface area contributed by atoms with Gasteiger partial charge >= 0.3 is 0 Å². The van der Waals surface area contributed by atoms with Gasteiger partial charge in [-0.05, 0) is 40.2 Å². The first-order chi connectivity index (χ1) is 12.5. The topological polar surface area (TPSA) is 43.1 Å². The zero-order valence-corrected chi connectivity index (χ0v) is 17.4. The highest BCUT2D eigenvalue weighted by molar-refractivity contribution is 7.15. The van der Waals surface area contributed by atoms with Crippen LogP contribution in [0.15, 0.2) is 29.3 Å². The number of nitrogens with zero attached hydrogens (tertiary/aromatic N) is 4. The lowest BCUT2D eigenvalue weighted by Crippen LogP contribution is -2.07. The van der Waals surface area contributed by atoms with Crippen molar-refractivity contribution in [1.29, 1.82) is 0 Å². The molecule has 5 heteroatoms. The van der Waals surface area contributed by atoms with E-state index in [9.17, 15) is 0 Å². The Morgan fingerprint density at radius 3 is 2.27 bits per heavy atom. The molecular weight excluding hydrogens is 340 g/mol. The smallest absolute Gasteiger partial charge is 0.162 e. The van der Waals surface area contributed by atoms with Crippen molar-refractivity contribution in [3.8, 4) is 5.00 Å². The molecule has 1 unspecified atom stereocenters. The predicted molar refractivity (Wildman–Crippen MR) is 110 cm³/mol. The van der Waals surface area contributed by atoms with Crippen molar-refractivity contribution in [3.63, 3.8) is 0 Å². The largest absolute Gasteiger partial charge is 0.273 e. The lowest BCUT2D eigenvalue weighted by molar-refractivity contribution is 0.724. The molecule has 0 saturated carbocycles. The first-order valence-corrected chi connectivity index (χ1v) is 9.96. The fourth-order valence-electron chi connectivity index (χ4n) is 3.19.